The summed E-state index contributed by atoms with van der Waals surface area (Å²) in [6.07, 6.45) is -0.125. The topological polar surface area (TPSA) is 0 Å². The van der Waals surface area contributed by atoms with E-state index in [9.17, 15) is 26.3 Å². The number of rotatable bonds is 2. The molecule has 18 heavy (non-hydrogen) atoms. The van der Waals surface area contributed by atoms with Crippen molar-refractivity contribution >= 4 is 0 Å². The maximum atomic E-state index is 11.5. The number of alkyl halides is 6. The van der Waals surface area contributed by atoms with Gasteiger partial charge in [-0.3, -0.25) is 8.78 Å². The van der Waals surface area contributed by atoms with Crippen molar-refractivity contribution in [3.05, 3.63) is 0 Å². The quantitative estimate of drug-likeness (QED) is 0.541. The lowest BCUT2D eigenvalue weighted by Crippen LogP contribution is -2.05. The second kappa shape index (κ2) is 16.6. The van der Waals surface area contributed by atoms with Crippen molar-refractivity contribution in [2.24, 2.45) is 0 Å². The van der Waals surface area contributed by atoms with Gasteiger partial charge in [-0.15, -0.1) is 0 Å². The minimum absolute atomic E-state index is 0.0625. The van der Waals surface area contributed by atoms with Crippen molar-refractivity contribution in [2.75, 3.05) is 13.3 Å². The fourth-order valence-corrected chi connectivity index (χ4v) is 0. The van der Waals surface area contributed by atoms with E-state index in [1.165, 1.54) is 27.7 Å². The molecule has 0 saturated heterocycles. The molecule has 0 atom stereocenters. The third kappa shape index (κ3) is 106. The molecule has 0 aromatic rings. The van der Waals surface area contributed by atoms with E-state index in [-0.39, 0.29) is 26.2 Å². The highest BCUT2D eigenvalue weighted by Crippen LogP contribution is 2.14. The van der Waals surface area contributed by atoms with Gasteiger partial charge in [-0.1, -0.05) is 13.8 Å². The summed E-state index contributed by atoms with van der Waals surface area (Å²) < 4.78 is 66.4. The second-order valence-electron chi connectivity index (χ2n) is 3.38. The molecule has 0 unspecified atom stereocenters. The van der Waals surface area contributed by atoms with Crippen LogP contribution in [0.5, 0.6) is 0 Å². The zero-order valence-corrected chi connectivity index (χ0v) is 12.1. The molecule has 0 aliphatic heterocycles. The van der Waals surface area contributed by atoms with E-state index in [4.69, 9.17) is 0 Å². The molecule has 0 aromatic carbocycles. The summed E-state index contributed by atoms with van der Waals surface area (Å²) in [4.78, 5) is 0. The molecule has 0 fully saturated rings. The highest BCUT2D eigenvalue weighted by atomic mass is 19.3. The monoisotopic (exact) mass is 284 g/mol. The van der Waals surface area contributed by atoms with Crippen LogP contribution in [0.1, 0.15) is 54.4 Å². The van der Waals surface area contributed by atoms with Crippen molar-refractivity contribution in [3.63, 3.8) is 0 Å². The lowest BCUT2D eigenvalue weighted by molar-refractivity contribution is 0.0174. The van der Waals surface area contributed by atoms with Crippen molar-refractivity contribution in [1.29, 1.82) is 0 Å². The Morgan fingerprint density at radius 1 is 0.611 bits per heavy atom. The zero-order chi connectivity index (χ0) is 15.8. The van der Waals surface area contributed by atoms with Gasteiger partial charge in [0.2, 0.25) is 11.8 Å². The Labute approximate surface area is 107 Å². The first-order chi connectivity index (χ1) is 7.95. The van der Waals surface area contributed by atoms with Crippen molar-refractivity contribution in [1.82, 2.24) is 0 Å². The van der Waals surface area contributed by atoms with Gasteiger partial charge in [0.1, 0.15) is 0 Å². The fourth-order valence-electron chi connectivity index (χ4n) is 0. The molecule has 0 bridgehead atoms. The number of hydrogen-bond donors (Lipinski definition) is 0. The summed E-state index contributed by atoms with van der Waals surface area (Å²) in [6, 6.07) is 0. The van der Waals surface area contributed by atoms with Crippen LogP contribution in [0.2, 0.25) is 0 Å². The predicted molar refractivity (Wildman–Crippen MR) is 65.1 cm³/mol. The zero-order valence-electron chi connectivity index (χ0n) is 12.1. The predicted octanol–water partition coefficient (Wildman–Crippen LogP) is 6.05. The minimum Gasteiger partial charge on any atom is -0.251 e. The molecule has 0 aliphatic rings. The molecule has 6 heteroatoms. The van der Waals surface area contributed by atoms with Crippen LogP contribution in [0.15, 0.2) is 0 Å². The van der Waals surface area contributed by atoms with E-state index in [0.29, 0.717) is 0 Å². The van der Waals surface area contributed by atoms with Crippen LogP contribution in [-0.4, -0.2) is 25.2 Å². The number of halogens is 6. The van der Waals surface area contributed by atoms with E-state index in [1.54, 1.807) is 0 Å². The molecular weight excluding hydrogens is 258 g/mol. The van der Waals surface area contributed by atoms with Gasteiger partial charge in [0.05, 0.1) is 13.3 Å². The Kier molecular flexibility index (Phi) is 24.1. The van der Waals surface area contributed by atoms with Gasteiger partial charge in [-0.2, -0.15) is 0 Å². The molecule has 0 rings (SSSR count). The summed E-state index contributed by atoms with van der Waals surface area (Å²) in [5.74, 6) is -4.92. The normalized spacial score (nSPS) is 10.0. The lowest BCUT2D eigenvalue weighted by Gasteiger charge is -2.02. The van der Waals surface area contributed by atoms with Crippen LogP contribution in [0.25, 0.3) is 0 Å². The highest BCUT2D eigenvalue weighted by Gasteiger charge is 2.16. The SMILES string of the molecule is CCC(C)(F)F.CCC(C)(F)F.CCF.CCF. The second-order valence-corrected chi connectivity index (χ2v) is 3.38. The van der Waals surface area contributed by atoms with Gasteiger partial charge in [0, 0.05) is 12.8 Å². The van der Waals surface area contributed by atoms with Gasteiger partial charge < -0.3 is 0 Å². The molecule has 0 radical (unpaired) electrons. The van der Waals surface area contributed by atoms with Crippen molar-refractivity contribution in [3.8, 4) is 0 Å². The molecular formula is C12H26F6. The van der Waals surface area contributed by atoms with E-state index in [1.807, 2.05) is 0 Å². The van der Waals surface area contributed by atoms with Gasteiger partial charge >= 0.3 is 0 Å². The molecule has 0 N–H and O–H groups in total. The molecule has 0 amide bonds. The van der Waals surface area contributed by atoms with Crippen LogP contribution in [0.4, 0.5) is 26.3 Å². The van der Waals surface area contributed by atoms with Crippen molar-refractivity contribution in [2.45, 2.75) is 66.2 Å². The maximum Gasteiger partial charge on any atom is 0.245 e. The van der Waals surface area contributed by atoms with Gasteiger partial charge in [0.25, 0.3) is 0 Å². The summed E-state index contributed by atoms with van der Waals surface area (Å²) in [5, 5.41) is 0. The fraction of sp³-hybridized carbons (Fsp3) is 1.00. The smallest absolute Gasteiger partial charge is 0.245 e. The largest absolute Gasteiger partial charge is 0.251 e. The van der Waals surface area contributed by atoms with Crippen LogP contribution < -0.4 is 0 Å². The average Bonchev–Trinajstić information content (AvgIpc) is 2.19. The Morgan fingerprint density at radius 3 is 0.667 bits per heavy atom. The summed E-state index contributed by atoms with van der Waals surface area (Å²) in [7, 11) is 0. The third-order valence-electron chi connectivity index (χ3n) is 1.24. The highest BCUT2D eigenvalue weighted by molar-refractivity contribution is 4.50. The van der Waals surface area contributed by atoms with Crippen LogP contribution in [-0.2, 0) is 0 Å². The Hall–Kier alpha value is -0.420. The third-order valence-corrected chi connectivity index (χ3v) is 1.24. The summed E-state index contributed by atoms with van der Waals surface area (Å²) in [5.41, 5.74) is 0. The molecule has 0 nitrogen and oxygen atoms in total. The van der Waals surface area contributed by atoms with Gasteiger partial charge in [-0.25, -0.2) is 17.6 Å². The summed E-state index contributed by atoms with van der Waals surface area (Å²) >= 11 is 0. The standard InChI is InChI=1S/2C4H8F2.2C2H5F/c2*1-3-4(2,5)6;2*1-2-3/h2*3H2,1-2H3;2*2H2,1H3. The van der Waals surface area contributed by atoms with Gasteiger partial charge in [-0.05, 0) is 27.7 Å². The van der Waals surface area contributed by atoms with Gasteiger partial charge in [0.15, 0.2) is 0 Å². The molecule has 0 spiro atoms. The molecule has 0 heterocycles. The molecule has 0 aliphatic carbocycles. The van der Waals surface area contributed by atoms with Crippen LogP contribution in [0, 0.1) is 0 Å². The van der Waals surface area contributed by atoms with Crippen LogP contribution >= 0.6 is 0 Å². The van der Waals surface area contributed by atoms with E-state index in [0.717, 1.165) is 13.8 Å². The van der Waals surface area contributed by atoms with Crippen LogP contribution in [0.3, 0.4) is 0 Å². The lowest BCUT2D eigenvalue weighted by atomic mass is 10.3. The minimum atomic E-state index is -2.46. The van der Waals surface area contributed by atoms with E-state index < -0.39 is 11.8 Å². The Balaban J connectivity index is -0.0000000770. The Bertz CT molecular complexity index is 110. The van der Waals surface area contributed by atoms with E-state index in [2.05, 4.69) is 0 Å². The first-order valence-electron chi connectivity index (χ1n) is 5.83. The maximum absolute atomic E-state index is 11.5. The van der Waals surface area contributed by atoms with Crippen molar-refractivity contribution < 1.29 is 26.3 Å². The summed E-state index contributed by atoms with van der Waals surface area (Å²) in [6.45, 7) is 7.15. The number of hydrogen-bond acceptors (Lipinski definition) is 0. The molecule has 0 aromatic heterocycles. The van der Waals surface area contributed by atoms with E-state index >= 15 is 0 Å². The molecule has 0 saturated carbocycles. The first-order valence-corrected chi connectivity index (χ1v) is 5.83. The molecule has 116 valence electrons. The first kappa shape index (κ1) is 26.2. The average molecular weight is 284 g/mol. The Morgan fingerprint density at radius 2 is 0.667 bits per heavy atom.